The lowest BCUT2D eigenvalue weighted by atomic mass is 9.95. The Balaban J connectivity index is 1.85. The molecule has 2 aromatic rings. The second-order valence-corrected chi connectivity index (χ2v) is 7.98. The first-order valence-corrected chi connectivity index (χ1v) is 9.78. The Morgan fingerprint density at radius 1 is 1.33 bits per heavy atom. The Kier molecular flexibility index (Phi) is 4.22. The fraction of sp³-hybridized carbons (Fsp3) is 0.368. The monoisotopic (exact) mass is 384 g/mol. The summed E-state index contributed by atoms with van der Waals surface area (Å²) >= 11 is 1.36. The third kappa shape index (κ3) is 2.55. The van der Waals surface area contributed by atoms with Crippen LogP contribution in [0, 0.1) is 6.92 Å². The van der Waals surface area contributed by atoms with Crippen LogP contribution in [0.2, 0.25) is 0 Å². The lowest BCUT2D eigenvalue weighted by molar-refractivity contribution is -0.128. The average molecular weight is 384 g/mol. The number of carbonyl (C=O) groups excluding carboxylic acids is 3. The van der Waals surface area contributed by atoms with E-state index in [0.29, 0.717) is 29.3 Å². The van der Waals surface area contributed by atoms with Gasteiger partial charge in [0.15, 0.2) is 5.13 Å². The molecule has 2 aliphatic rings. The Bertz CT molecular complexity index is 941. The topological polar surface area (TPSA) is 82.6 Å². The molecule has 3 amide bonds. The molecule has 1 atom stereocenters. The van der Waals surface area contributed by atoms with Crippen molar-refractivity contribution in [2.45, 2.75) is 38.8 Å². The normalized spacial score (nSPS) is 21.3. The summed E-state index contributed by atoms with van der Waals surface area (Å²) in [4.78, 5) is 47.7. The van der Waals surface area contributed by atoms with Gasteiger partial charge in [-0.05, 0) is 25.5 Å². The average Bonchev–Trinajstić information content (AvgIpc) is 3.22. The summed E-state index contributed by atoms with van der Waals surface area (Å²) in [6, 6.07) is 6.99. The zero-order chi connectivity index (χ0) is 19.2. The second kappa shape index (κ2) is 6.45. The van der Waals surface area contributed by atoms with Gasteiger partial charge in [0, 0.05) is 30.5 Å². The number of nitrogens with zero attached hydrogens (tertiary/aromatic N) is 3. The minimum absolute atomic E-state index is 0.151. The number of aryl methyl sites for hydroxylation is 1. The van der Waals surface area contributed by atoms with E-state index in [4.69, 9.17) is 0 Å². The summed E-state index contributed by atoms with van der Waals surface area (Å²) in [5, 5.41) is 3.30. The molecule has 8 heteroatoms. The molecule has 7 nitrogen and oxygen atoms in total. The highest BCUT2D eigenvalue weighted by Crippen LogP contribution is 2.45. The first kappa shape index (κ1) is 17.7. The number of fused-ring (bicyclic) bond motifs is 3. The molecule has 2 aliphatic heterocycles. The van der Waals surface area contributed by atoms with Gasteiger partial charge in [-0.25, -0.2) is 4.98 Å². The van der Waals surface area contributed by atoms with Crippen LogP contribution in [0.25, 0.3) is 0 Å². The maximum absolute atomic E-state index is 13.4. The van der Waals surface area contributed by atoms with Crippen LogP contribution in [-0.4, -0.2) is 39.8 Å². The van der Waals surface area contributed by atoms with Gasteiger partial charge in [0.25, 0.3) is 11.8 Å². The number of nitrogens with one attached hydrogen (secondary N) is 1. The molecule has 0 spiro atoms. The summed E-state index contributed by atoms with van der Waals surface area (Å²) in [5.41, 5.74) is -0.393. The first-order valence-electron chi connectivity index (χ1n) is 8.97. The highest BCUT2D eigenvalue weighted by atomic mass is 32.1. The van der Waals surface area contributed by atoms with Gasteiger partial charge in [0.1, 0.15) is 0 Å². The largest absolute Gasteiger partial charge is 0.307 e. The number of rotatable bonds is 4. The summed E-state index contributed by atoms with van der Waals surface area (Å²) in [5.74, 6) is -0.760. The molecular weight excluding hydrogens is 364 g/mol. The third-order valence-corrected chi connectivity index (χ3v) is 5.85. The molecule has 1 aromatic heterocycles. The van der Waals surface area contributed by atoms with Crippen LogP contribution in [0.3, 0.4) is 0 Å². The van der Waals surface area contributed by atoms with Gasteiger partial charge in [-0.1, -0.05) is 19.1 Å². The van der Waals surface area contributed by atoms with Gasteiger partial charge in [-0.2, -0.15) is 0 Å². The maximum Gasteiger partial charge on any atom is 0.273 e. The van der Waals surface area contributed by atoms with Crippen LogP contribution >= 0.6 is 11.3 Å². The second-order valence-electron chi connectivity index (χ2n) is 6.75. The molecule has 1 aromatic carbocycles. The Morgan fingerprint density at radius 3 is 2.81 bits per heavy atom. The van der Waals surface area contributed by atoms with Crippen LogP contribution in [0.4, 0.5) is 10.8 Å². The number of benzene rings is 1. The summed E-state index contributed by atoms with van der Waals surface area (Å²) in [7, 11) is 0. The molecule has 1 saturated heterocycles. The number of para-hydroxylation sites is 1. The van der Waals surface area contributed by atoms with E-state index in [-0.39, 0.29) is 30.6 Å². The summed E-state index contributed by atoms with van der Waals surface area (Å²) in [6.07, 6.45) is 2.84. The van der Waals surface area contributed by atoms with Gasteiger partial charge in [0.2, 0.25) is 11.6 Å². The molecule has 1 fully saturated rings. The van der Waals surface area contributed by atoms with E-state index in [1.165, 1.54) is 16.2 Å². The van der Waals surface area contributed by atoms with Crippen molar-refractivity contribution < 1.29 is 14.4 Å². The standard InChI is InChI=1S/C19H20N4O3S/c1-3-10-22-16(25)13-6-4-5-7-14(13)23-15(24)8-9-19(22,23)17(26)21-18-20-11-12(2)27-18/h4-7,11H,3,8-10H2,1-2H3,(H,20,21,26). The smallest absolute Gasteiger partial charge is 0.273 e. The van der Waals surface area contributed by atoms with Gasteiger partial charge in [0.05, 0.1) is 11.3 Å². The maximum atomic E-state index is 13.4. The van der Waals surface area contributed by atoms with Crippen molar-refractivity contribution in [3.8, 4) is 0 Å². The zero-order valence-electron chi connectivity index (χ0n) is 15.2. The van der Waals surface area contributed by atoms with Crippen LogP contribution < -0.4 is 10.2 Å². The van der Waals surface area contributed by atoms with E-state index in [1.807, 2.05) is 13.8 Å². The lowest BCUT2D eigenvalue weighted by Crippen LogP contribution is -2.69. The fourth-order valence-electron chi connectivity index (χ4n) is 3.92. The number of hydrogen-bond donors (Lipinski definition) is 1. The van der Waals surface area contributed by atoms with Gasteiger partial charge < -0.3 is 4.90 Å². The van der Waals surface area contributed by atoms with Crippen molar-refractivity contribution in [3.63, 3.8) is 0 Å². The zero-order valence-corrected chi connectivity index (χ0v) is 16.0. The molecule has 0 aliphatic carbocycles. The van der Waals surface area contributed by atoms with Crippen LogP contribution in [0.1, 0.15) is 41.4 Å². The van der Waals surface area contributed by atoms with Crippen molar-refractivity contribution in [1.82, 2.24) is 9.88 Å². The molecule has 27 heavy (non-hydrogen) atoms. The van der Waals surface area contributed by atoms with E-state index < -0.39 is 5.66 Å². The van der Waals surface area contributed by atoms with Crippen molar-refractivity contribution >= 4 is 39.9 Å². The highest BCUT2D eigenvalue weighted by molar-refractivity contribution is 7.15. The highest BCUT2D eigenvalue weighted by Gasteiger charge is 2.60. The Labute approximate surface area is 161 Å². The van der Waals surface area contributed by atoms with Crippen molar-refractivity contribution in [2.24, 2.45) is 0 Å². The van der Waals surface area contributed by atoms with E-state index in [1.54, 1.807) is 35.4 Å². The van der Waals surface area contributed by atoms with Crippen molar-refractivity contribution in [2.75, 3.05) is 16.8 Å². The molecule has 3 heterocycles. The number of aromatic nitrogens is 1. The van der Waals surface area contributed by atoms with Crippen LogP contribution in [0.15, 0.2) is 30.5 Å². The number of hydrogen-bond acceptors (Lipinski definition) is 5. The summed E-state index contributed by atoms with van der Waals surface area (Å²) in [6.45, 7) is 4.24. The van der Waals surface area contributed by atoms with E-state index in [0.717, 1.165) is 4.88 Å². The molecular formula is C19H20N4O3S. The molecule has 1 unspecified atom stereocenters. The first-order chi connectivity index (χ1) is 13.0. The van der Waals surface area contributed by atoms with E-state index >= 15 is 0 Å². The fourth-order valence-corrected chi connectivity index (χ4v) is 4.58. The molecule has 140 valence electrons. The van der Waals surface area contributed by atoms with E-state index in [9.17, 15) is 14.4 Å². The summed E-state index contributed by atoms with van der Waals surface area (Å²) < 4.78 is 0. The van der Waals surface area contributed by atoms with Crippen molar-refractivity contribution in [3.05, 3.63) is 40.9 Å². The van der Waals surface area contributed by atoms with Crippen LogP contribution in [0.5, 0.6) is 0 Å². The Morgan fingerprint density at radius 2 is 2.11 bits per heavy atom. The molecule has 0 bridgehead atoms. The predicted octanol–water partition coefficient (Wildman–Crippen LogP) is 2.78. The van der Waals surface area contributed by atoms with Crippen LogP contribution in [-0.2, 0) is 9.59 Å². The molecule has 4 rings (SSSR count). The predicted molar refractivity (Wildman–Crippen MR) is 103 cm³/mol. The SMILES string of the molecule is CCCN1C(=O)c2ccccc2N2C(=O)CCC12C(=O)Nc1ncc(C)s1. The number of thiazole rings is 1. The van der Waals surface area contributed by atoms with Gasteiger partial charge >= 0.3 is 0 Å². The minimum atomic E-state index is -1.35. The lowest BCUT2D eigenvalue weighted by Gasteiger charge is -2.49. The molecule has 1 N–H and O–H groups in total. The quantitative estimate of drug-likeness (QED) is 0.879. The molecule has 0 radical (unpaired) electrons. The Hall–Kier alpha value is -2.74. The number of amides is 3. The third-order valence-electron chi connectivity index (χ3n) is 5.03. The number of anilines is 2. The number of carbonyl (C=O) groups is 3. The van der Waals surface area contributed by atoms with E-state index in [2.05, 4.69) is 10.3 Å². The van der Waals surface area contributed by atoms with Crippen molar-refractivity contribution in [1.29, 1.82) is 0 Å². The van der Waals surface area contributed by atoms with Gasteiger partial charge in [-0.15, -0.1) is 11.3 Å². The van der Waals surface area contributed by atoms with Gasteiger partial charge in [-0.3, -0.25) is 24.6 Å². The molecule has 0 saturated carbocycles. The minimum Gasteiger partial charge on any atom is -0.307 e.